The molecule has 0 bridgehead atoms. The van der Waals surface area contributed by atoms with E-state index in [1.54, 1.807) is 25.1 Å². The molecule has 5 heteroatoms. The maximum Gasteiger partial charge on any atom is 0.240 e. The van der Waals surface area contributed by atoms with Gasteiger partial charge in [0.25, 0.3) is 0 Å². The van der Waals surface area contributed by atoms with Gasteiger partial charge in [0.15, 0.2) is 0 Å². The molecule has 4 nitrogen and oxygen atoms in total. The summed E-state index contributed by atoms with van der Waals surface area (Å²) in [6.45, 7) is 6.09. The molecule has 0 atom stereocenters. The summed E-state index contributed by atoms with van der Waals surface area (Å²) in [5.74, 6) is 0.968. The third kappa shape index (κ3) is 4.36. The van der Waals surface area contributed by atoms with E-state index < -0.39 is 10.0 Å². The van der Waals surface area contributed by atoms with Crippen molar-refractivity contribution in [2.24, 2.45) is 0 Å². The second-order valence-electron chi connectivity index (χ2n) is 4.51. The topological polar surface area (TPSA) is 55.4 Å². The second kappa shape index (κ2) is 6.73. The van der Waals surface area contributed by atoms with Crippen LogP contribution in [0.15, 0.2) is 41.0 Å². The second-order valence-corrected chi connectivity index (χ2v) is 6.27. The number of hydrogen-bond donors (Lipinski definition) is 1. The van der Waals surface area contributed by atoms with Gasteiger partial charge in [-0.3, -0.25) is 0 Å². The molecule has 0 fully saturated rings. The highest BCUT2D eigenvalue weighted by molar-refractivity contribution is 7.89. The van der Waals surface area contributed by atoms with E-state index >= 15 is 0 Å². The largest absolute Gasteiger partial charge is 0.500 e. The molecule has 0 aliphatic heterocycles. The zero-order chi connectivity index (χ0) is 14.5. The van der Waals surface area contributed by atoms with Crippen molar-refractivity contribution in [3.05, 3.63) is 41.7 Å². The van der Waals surface area contributed by atoms with E-state index in [2.05, 4.69) is 18.6 Å². The van der Waals surface area contributed by atoms with Gasteiger partial charge in [-0.05, 0) is 36.6 Å². The lowest BCUT2D eigenvalue weighted by Gasteiger charge is -2.10. The molecule has 1 aromatic carbocycles. The van der Waals surface area contributed by atoms with E-state index in [0.717, 1.165) is 5.56 Å². The van der Waals surface area contributed by atoms with Crippen LogP contribution < -0.4 is 4.72 Å². The Morgan fingerprint density at radius 3 is 2.32 bits per heavy atom. The normalized spacial score (nSPS) is 12.8. The monoisotopic (exact) mass is 283 g/mol. The van der Waals surface area contributed by atoms with Crippen LogP contribution in [0.2, 0.25) is 0 Å². The molecule has 19 heavy (non-hydrogen) atoms. The number of nitrogens with one attached hydrogen (secondary N) is 1. The molecule has 1 rings (SSSR count). The summed E-state index contributed by atoms with van der Waals surface area (Å²) in [5.41, 5.74) is 1.12. The highest BCUT2D eigenvalue weighted by Gasteiger charge is 2.14. The van der Waals surface area contributed by atoms with Crippen LogP contribution in [0.4, 0.5) is 0 Å². The molecule has 0 heterocycles. The fourth-order valence-electron chi connectivity index (χ4n) is 1.57. The van der Waals surface area contributed by atoms with Gasteiger partial charge in [0.1, 0.15) is 5.76 Å². The van der Waals surface area contributed by atoms with E-state index in [0.29, 0.717) is 11.7 Å². The van der Waals surface area contributed by atoms with Gasteiger partial charge in [-0.1, -0.05) is 26.0 Å². The van der Waals surface area contributed by atoms with Crippen molar-refractivity contribution >= 4 is 10.0 Å². The minimum Gasteiger partial charge on any atom is -0.500 e. The lowest BCUT2D eigenvalue weighted by atomic mass is 10.0. The van der Waals surface area contributed by atoms with E-state index in [1.807, 2.05) is 12.1 Å². The van der Waals surface area contributed by atoms with Gasteiger partial charge in [-0.15, -0.1) is 0 Å². The summed E-state index contributed by atoms with van der Waals surface area (Å²) in [4.78, 5) is 0.267. The zero-order valence-electron chi connectivity index (χ0n) is 11.8. The van der Waals surface area contributed by atoms with E-state index in [-0.39, 0.29) is 11.4 Å². The van der Waals surface area contributed by atoms with Gasteiger partial charge < -0.3 is 4.74 Å². The molecule has 0 aliphatic rings. The number of rotatable bonds is 6. The van der Waals surface area contributed by atoms with Crippen LogP contribution in [0.3, 0.4) is 0 Å². The Balaban J connectivity index is 2.83. The molecule has 0 unspecified atom stereocenters. The maximum absolute atomic E-state index is 12.1. The van der Waals surface area contributed by atoms with Gasteiger partial charge in [0, 0.05) is 0 Å². The third-order valence-corrected chi connectivity index (χ3v) is 4.29. The van der Waals surface area contributed by atoms with Crippen LogP contribution in [-0.2, 0) is 14.8 Å². The first-order valence-corrected chi connectivity index (χ1v) is 7.67. The Morgan fingerprint density at radius 1 is 1.32 bits per heavy atom. The first kappa shape index (κ1) is 15.7. The molecule has 0 spiro atoms. The van der Waals surface area contributed by atoms with Gasteiger partial charge >= 0.3 is 0 Å². The highest BCUT2D eigenvalue weighted by Crippen LogP contribution is 2.17. The molecular weight excluding hydrogens is 262 g/mol. The number of allylic oxidation sites excluding steroid dienone is 1. The van der Waals surface area contributed by atoms with Gasteiger partial charge in [-0.2, -0.15) is 0 Å². The Hall–Kier alpha value is -1.33. The van der Waals surface area contributed by atoms with Gasteiger partial charge in [0.2, 0.25) is 10.0 Å². The lowest BCUT2D eigenvalue weighted by molar-refractivity contribution is 0.283. The summed E-state index contributed by atoms with van der Waals surface area (Å²) in [6.07, 6.45) is 1.73. The Morgan fingerprint density at radius 2 is 1.89 bits per heavy atom. The van der Waals surface area contributed by atoms with Crippen LogP contribution in [-0.4, -0.2) is 22.1 Å². The molecule has 1 aromatic rings. The first-order chi connectivity index (χ1) is 8.90. The Bertz CT molecular complexity index is 530. The number of methoxy groups -OCH3 is 1. The quantitative estimate of drug-likeness (QED) is 0.817. The maximum atomic E-state index is 12.1. The minimum absolute atomic E-state index is 0.154. The molecular formula is C14H21NO3S. The molecule has 0 saturated carbocycles. The third-order valence-electron chi connectivity index (χ3n) is 2.88. The number of benzene rings is 1. The smallest absolute Gasteiger partial charge is 0.240 e. The number of sulfonamides is 1. The zero-order valence-corrected chi connectivity index (χ0v) is 12.6. The van der Waals surface area contributed by atoms with E-state index in [4.69, 9.17) is 4.74 Å². The highest BCUT2D eigenvalue weighted by atomic mass is 32.2. The summed E-state index contributed by atoms with van der Waals surface area (Å²) in [5, 5.41) is 0. The lowest BCUT2D eigenvalue weighted by Crippen LogP contribution is -2.26. The summed E-state index contributed by atoms with van der Waals surface area (Å²) >= 11 is 0. The first-order valence-electron chi connectivity index (χ1n) is 6.19. The average Bonchev–Trinajstić information content (AvgIpc) is 2.40. The van der Waals surface area contributed by atoms with Crippen molar-refractivity contribution in [2.75, 3.05) is 13.7 Å². The molecule has 0 radical (unpaired) electrons. The van der Waals surface area contributed by atoms with Crippen LogP contribution in [0, 0.1) is 0 Å². The molecule has 1 N–H and O–H groups in total. The van der Waals surface area contributed by atoms with Crippen LogP contribution in [0.25, 0.3) is 0 Å². The Kier molecular flexibility index (Phi) is 5.57. The van der Waals surface area contributed by atoms with Crippen LogP contribution in [0.1, 0.15) is 32.3 Å². The molecule has 0 saturated heterocycles. The summed E-state index contributed by atoms with van der Waals surface area (Å²) in [6, 6.07) is 6.93. The summed E-state index contributed by atoms with van der Waals surface area (Å²) < 4.78 is 31.6. The average molecular weight is 283 g/mol. The van der Waals surface area contributed by atoms with Crippen LogP contribution in [0.5, 0.6) is 0 Å². The summed E-state index contributed by atoms with van der Waals surface area (Å²) in [7, 11) is -1.97. The molecule has 0 amide bonds. The van der Waals surface area contributed by atoms with Gasteiger partial charge in [-0.25, -0.2) is 13.1 Å². The fourth-order valence-corrected chi connectivity index (χ4v) is 2.57. The predicted octanol–water partition coefficient (Wildman–Crippen LogP) is 2.64. The van der Waals surface area contributed by atoms with Crippen molar-refractivity contribution < 1.29 is 13.2 Å². The number of ether oxygens (including phenoxy) is 1. The molecule has 0 aromatic heterocycles. The SMILES string of the molecule is C/C=C(/CNS(=O)(=O)c1ccc(C(C)C)cc1)OC. The fraction of sp³-hybridized carbons (Fsp3) is 0.429. The van der Waals surface area contributed by atoms with Crippen molar-refractivity contribution in [1.29, 1.82) is 0 Å². The van der Waals surface area contributed by atoms with Crippen molar-refractivity contribution in [1.82, 2.24) is 4.72 Å². The van der Waals surface area contributed by atoms with Crippen molar-refractivity contribution in [3.63, 3.8) is 0 Å². The Labute approximate surface area is 115 Å². The van der Waals surface area contributed by atoms with Crippen molar-refractivity contribution in [3.8, 4) is 0 Å². The minimum atomic E-state index is -3.49. The standard InChI is InChI=1S/C14H21NO3S/c1-5-13(18-4)10-15-19(16,17)14-8-6-12(7-9-14)11(2)3/h5-9,11,15H,10H2,1-4H3/b13-5-. The van der Waals surface area contributed by atoms with Crippen LogP contribution >= 0.6 is 0 Å². The number of hydrogen-bond acceptors (Lipinski definition) is 3. The van der Waals surface area contributed by atoms with E-state index in [9.17, 15) is 8.42 Å². The predicted molar refractivity (Wildman–Crippen MR) is 76.5 cm³/mol. The molecule has 0 aliphatic carbocycles. The van der Waals surface area contributed by atoms with E-state index in [1.165, 1.54) is 7.11 Å². The van der Waals surface area contributed by atoms with Gasteiger partial charge in [0.05, 0.1) is 18.6 Å². The molecule has 106 valence electrons. The van der Waals surface area contributed by atoms with Crippen molar-refractivity contribution in [2.45, 2.75) is 31.6 Å².